The van der Waals surface area contributed by atoms with E-state index in [1.54, 1.807) is 18.4 Å². The summed E-state index contributed by atoms with van der Waals surface area (Å²) in [7, 11) is 1.63. The van der Waals surface area contributed by atoms with E-state index in [1.165, 1.54) is 17.7 Å². The zero-order chi connectivity index (χ0) is 16.1. The number of hydrogen-bond acceptors (Lipinski definition) is 3. The molecule has 0 aliphatic heterocycles. The van der Waals surface area contributed by atoms with Crippen molar-refractivity contribution in [3.05, 3.63) is 46.7 Å². The Morgan fingerprint density at radius 2 is 1.96 bits per heavy atom. The molecule has 0 radical (unpaired) electrons. The molecule has 1 heterocycles. The van der Waals surface area contributed by atoms with Gasteiger partial charge in [0.25, 0.3) is 0 Å². The highest BCUT2D eigenvalue weighted by Crippen LogP contribution is 2.42. The lowest BCUT2D eigenvalue weighted by Gasteiger charge is -2.28. The molecule has 0 atom stereocenters. The van der Waals surface area contributed by atoms with Crippen LogP contribution in [0.15, 0.2) is 41.8 Å². The molecule has 122 valence electrons. The smallest absolute Gasteiger partial charge is 0.319 e. The maximum Gasteiger partial charge on any atom is 0.319 e. The second-order valence-corrected chi connectivity index (χ2v) is 6.95. The van der Waals surface area contributed by atoms with E-state index in [9.17, 15) is 4.79 Å². The van der Waals surface area contributed by atoms with Gasteiger partial charge in [-0.3, -0.25) is 0 Å². The predicted molar refractivity (Wildman–Crippen MR) is 94.5 cm³/mol. The molecule has 0 bridgehead atoms. The molecular formula is C18H22N2O2S. The van der Waals surface area contributed by atoms with E-state index in [2.05, 4.69) is 28.1 Å². The topological polar surface area (TPSA) is 50.4 Å². The molecule has 1 aromatic heterocycles. The molecule has 2 N–H and O–H groups in total. The minimum absolute atomic E-state index is 0.116. The average Bonchev–Trinajstić information content (AvgIpc) is 3.26. The first kappa shape index (κ1) is 15.9. The molecule has 1 aromatic carbocycles. The SMILES string of the molecule is COc1ccc(NC(=O)NCC2(c3cccs3)CCCC2)cc1. The van der Waals surface area contributed by atoms with Crippen molar-refractivity contribution in [1.29, 1.82) is 0 Å². The van der Waals surface area contributed by atoms with Crippen molar-refractivity contribution in [2.45, 2.75) is 31.1 Å². The molecule has 1 saturated carbocycles. The zero-order valence-corrected chi connectivity index (χ0v) is 14.1. The number of carbonyl (C=O) groups excluding carboxylic acids is 1. The number of ether oxygens (including phenoxy) is 1. The highest BCUT2D eigenvalue weighted by Gasteiger charge is 2.36. The maximum atomic E-state index is 12.2. The maximum absolute atomic E-state index is 12.2. The van der Waals surface area contributed by atoms with Gasteiger partial charge in [-0.15, -0.1) is 11.3 Å². The molecule has 2 amide bonds. The van der Waals surface area contributed by atoms with E-state index < -0.39 is 0 Å². The number of hydrogen-bond donors (Lipinski definition) is 2. The monoisotopic (exact) mass is 330 g/mol. The highest BCUT2D eigenvalue weighted by molar-refractivity contribution is 7.10. The van der Waals surface area contributed by atoms with Gasteiger partial charge in [0.1, 0.15) is 5.75 Å². The normalized spacial score (nSPS) is 16.0. The van der Waals surface area contributed by atoms with Gasteiger partial charge in [0, 0.05) is 22.5 Å². The Hall–Kier alpha value is -2.01. The van der Waals surface area contributed by atoms with E-state index in [-0.39, 0.29) is 11.4 Å². The van der Waals surface area contributed by atoms with Crippen LogP contribution in [0.5, 0.6) is 5.75 Å². The van der Waals surface area contributed by atoms with E-state index in [0.717, 1.165) is 24.3 Å². The molecule has 23 heavy (non-hydrogen) atoms. The van der Waals surface area contributed by atoms with Crippen LogP contribution in [0.25, 0.3) is 0 Å². The minimum atomic E-state index is -0.155. The van der Waals surface area contributed by atoms with Crippen LogP contribution in [0.3, 0.4) is 0 Å². The lowest BCUT2D eigenvalue weighted by atomic mass is 9.84. The van der Waals surface area contributed by atoms with Crippen molar-refractivity contribution in [3.63, 3.8) is 0 Å². The third-order valence-corrected chi connectivity index (χ3v) is 5.66. The number of benzene rings is 1. The fourth-order valence-corrected chi connectivity index (χ4v) is 4.23. The van der Waals surface area contributed by atoms with Crippen LogP contribution in [0, 0.1) is 0 Å². The Balaban J connectivity index is 1.59. The van der Waals surface area contributed by atoms with Crippen LogP contribution in [0.2, 0.25) is 0 Å². The summed E-state index contributed by atoms with van der Waals surface area (Å²) in [4.78, 5) is 13.6. The van der Waals surface area contributed by atoms with Gasteiger partial charge >= 0.3 is 6.03 Å². The predicted octanol–water partition coefficient (Wildman–Crippen LogP) is 4.39. The van der Waals surface area contributed by atoms with Crippen LogP contribution in [0.1, 0.15) is 30.6 Å². The van der Waals surface area contributed by atoms with Gasteiger partial charge in [-0.05, 0) is 48.6 Å². The summed E-state index contributed by atoms with van der Waals surface area (Å²) in [5.74, 6) is 0.776. The van der Waals surface area contributed by atoms with Crippen LogP contribution >= 0.6 is 11.3 Å². The number of methoxy groups -OCH3 is 1. The molecule has 2 aromatic rings. The summed E-state index contributed by atoms with van der Waals surface area (Å²) in [6.45, 7) is 0.690. The Bertz CT molecular complexity index is 632. The molecule has 3 rings (SSSR count). The van der Waals surface area contributed by atoms with Crippen molar-refractivity contribution in [2.24, 2.45) is 0 Å². The number of anilines is 1. The average molecular weight is 330 g/mol. The third kappa shape index (κ3) is 3.67. The second kappa shape index (κ2) is 7.04. The van der Waals surface area contributed by atoms with Gasteiger partial charge in [-0.1, -0.05) is 18.9 Å². The van der Waals surface area contributed by atoms with E-state index in [4.69, 9.17) is 4.74 Å². The molecule has 0 unspecified atom stereocenters. The number of rotatable bonds is 5. The lowest BCUT2D eigenvalue weighted by Crippen LogP contribution is -2.40. The van der Waals surface area contributed by atoms with Crippen molar-refractivity contribution in [2.75, 3.05) is 19.0 Å². The van der Waals surface area contributed by atoms with Crippen molar-refractivity contribution in [1.82, 2.24) is 5.32 Å². The summed E-state index contributed by atoms with van der Waals surface area (Å²) >= 11 is 1.79. The summed E-state index contributed by atoms with van der Waals surface area (Å²) in [5.41, 5.74) is 0.880. The van der Waals surface area contributed by atoms with E-state index in [0.29, 0.717) is 6.54 Å². The summed E-state index contributed by atoms with van der Waals surface area (Å²) < 4.78 is 5.12. The molecule has 5 heteroatoms. The van der Waals surface area contributed by atoms with Gasteiger partial charge in [0.05, 0.1) is 7.11 Å². The van der Waals surface area contributed by atoms with Gasteiger partial charge in [0.2, 0.25) is 0 Å². The zero-order valence-electron chi connectivity index (χ0n) is 13.3. The van der Waals surface area contributed by atoms with Gasteiger partial charge in [0.15, 0.2) is 0 Å². The summed E-state index contributed by atoms with van der Waals surface area (Å²) in [6, 6.07) is 11.5. The van der Waals surface area contributed by atoms with Gasteiger partial charge in [-0.25, -0.2) is 4.79 Å². The minimum Gasteiger partial charge on any atom is -0.497 e. The highest BCUT2D eigenvalue weighted by atomic mass is 32.1. The van der Waals surface area contributed by atoms with Crippen LogP contribution in [0.4, 0.5) is 10.5 Å². The first-order chi connectivity index (χ1) is 11.2. The van der Waals surface area contributed by atoms with Crippen LogP contribution in [-0.4, -0.2) is 19.7 Å². The van der Waals surface area contributed by atoms with Crippen molar-refractivity contribution in [3.8, 4) is 5.75 Å². The van der Waals surface area contributed by atoms with E-state index in [1.807, 2.05) is 24.3 Å². The Morgan fingerprint density at radius 1 is 1.22 bits per heavy atom. The molecule has 0 saturated heterocycles. The summed E-state index contributed by atoms with van der Waals surface area (Å²) in [5, 5.41) is 8.05. The number of amides is 2. The third-order valence-electron chi connectivity index (χ3n) is 4.54. The number of nitrogens with one attached hydrogen (secondary N) is 2. The Labute approximate surface area is 140 Å². The molecule has 0 spiro atoms. The van der Waals surface area contributed by atoms with E-state index >= 15 is 0 Å². The van der Waals surface area contributed by atoms with Gasteiger partial charge in [-0.2, -0.15) is 0 Å². The molecular weight excluding hydrogens is 308 g/mol. The molecule has 1 aliphatic rings. The van der Waals surface area contributed by atoms with Crippen molar-refractivity contribution >= 4 is 23.1 Å². The van der Waals surface area contributed by atoms with Crippen molar-refractivity contribution < 1.29 is 9.53 Å². The number of thiophene rings is 1. The van der Waals surface area contributed by atoms with Gasteiger partial charge < -0.3 is 15.4 Å². The Morgan fingerprint density at radius 3 is 2.57 bits per heavy atom. The standard InChI is InChI=1S/C18H22N2O2S/c1-22-15-8-6-14(7-9-15)20-17(21)19-13-18(10-2-3-11-18)16-5-4-12-23-16/h4-9,12H,2-3,10-11,13H2,1H3,(H2,19,20,21). The first-order valence-electron chi connectivity index (χ1n) is 7.95. The first-order valence-corrected chi connectivity index (χ1v) is 8.83. The van der Waals surface area contributed by atoms with Crippen LogP contribution in [-0.2, 0) is 5.41 Å². The number of urea groups is 1. The number of carbonyl (C=O) groups is 1. The second-order valence-electron chi connectivity index (χ2n) is 6.00. The Kier molecular flexibility index (Phi) is 4.86. The molecule has 4 nitrogen and oxygen atoms in total. The fourth-order valence-electron chi connectivity index (χ4n) is 3.24. The molecule has 1 fully saturated rings. The lowest BCUT2D eigenvalue weighted by molar-refractivity contribution is 0.248. The fraction of sp³-hybridized carbons (Fsp3) is 0.389. The quantitative estimate of drug-likeness (QED) is 0.854. The van der Waals surface area contributed by atoms with Crippen LogP contribution < -0.4 is 15.4 Å². The largest absolute Gasteiger partial charge is 0.497 e. The summed E-state index contributed by atoms with van der Waals surface area (Å²) in [6.07, 6.45) is 4.77. The molecule has 1 aliphatic carbocycles.